The highest BCUT2D eigenvalue weighted by molar-refractivity contribution is 5.86. The second kappa shape index (κ2) is 5.52. The van der Waals surface area contributed by atoms with Gasteiger partial charge in [-0.05, 0) is 43.5 Å². The van der Waals surface area contributed by atoms with Crippen LogP contribution < -0.4 is 4.90 Å². The molecule has 3 heterocycles. The van der Waals surface area contributed by atoms with Crippen molar-refractivity contribution >= 4 is 10.9 Å². The molecule has 3 heteroatoms. The quantitative estimate of drug-likeness (QED) is 0.768. The average molecular weight is 321 g/mol. The summed E-state index contributed by atoms with van der Waals surface area (Å²) in [6.07, 6.45) is 8.86. The van der Waals surface area contributed by atoms with Gasteiger partial charge in [0.15, 0.2) is 0 Å². The molecular formula is C21H25N2O+. The van der Waals surface area contributed by atoms with Gasteiger partial charge < -0.3 is 13.9 Å². The summed E-state index contributed by atoms with van der Waals surface area (Å²) in [4.78, 5) is 1.72. The molecule has 0 fully saturated rings. The largest absolute Gasteiger partial charge is 0.472 e. The Morgan fingerprint density at radius 1 is 1.25 bits per heavy atom. The zero-order chi connectivity index (χ0) is 16.1. The standard InChI is InChI=1S/C21H24N2O/c1-15-6-7-19-18(12-15)17-4-2-5-20-21(17)23(19)10-3-9-22(20)13-16-8-11-24-14-16/h6-8,11-12,14,20H,2-5,9-10,13H2,1H3/p+1/t20-/m0/s1. The Morgan fingerprint density at radius 2 is 2.21 bits per heavy atom. The van der Waals surface area contributed by atoms with Crippen LogP contribution in [-0.4, -0.2) is 11.1 Å². The summed E-state index contributed by atoms with van der Waals surface area (Å²) in [6.45, 7) is 5.72. The first-order valence-electron chi connectivity index (χ1n) is 9.28. The molecule has 0 spiro atoms. The van der Waals surface area contributed by atoms with Gasteiger partial charge in [0.2, 0.25) is 0 Å². The van der Waals surface area contributed by atoms with Crippen molar-refractivity contribution in [3.05, 3.63) is 59.2 Å². The first-order valence-corrected chi connectivity index (χ1v) is 9.28. The molecule has 0 saturated carbocycles. The molecule has 0 saturated heterocycles. The summed E-state index contributed by atoms with van der Waals surface area (Å²) in [6, 6.07) is 9.79. The average Bonchev–Trinajstić information content (AvgIpc) is 3.15. The van der Waals surface area contributed by atoms with Crippen LogP contribution in [0, 0.1) is 6.92 Å². The summed E-state index contributed by atoms with van der Waals surface area (Å²) >= 11 is 0. The van der Waals surface area contributed by atoms with Crippen molar-refractivity contribution in [1.82, 2.24) is 4.57 Å². The van der Waals surface area contributed by atoms with Gasteiger partial charge in [-0.25, -0.2) is 0 Å². The first-order chi connectivity index (χ1) is 11.8. The summed E-state index contributed by atoms with van der Waals surface area (Å²) < 4.78 is 7.96. The molecule has 1 unspecified atom stereocenters. The maximum Gasteiger partial charge on any atom is 0.129 e. The van der Waals surface area contributed by atoms with E-state index in [-0.39, 0.29) is 0 Å². The molecule has 2 aliphatic rings. The molecule has 124 valence electrons. The first kappa shape index (κ1) is 14.4. The van der Waals surface area contributed by atoms with Crippen LogP contribution in [0.3, 0.4) is 0 Å². The van der Waals surface area contributed by atoms with Gasteiger partial charge in [0.1, 0.15) is 12.6 Å². The van der Waals surface area contributed by atoms with Crippen molar-refractivity contribution < 1.29 is 9.32 Å². The van der Waals surface area contributed by atoms with Crippen molar-refractivity contribution in [3.8, 4) is 0 Å². The SMILES string of the molecule is Cc1ccc2c(c1)c1c3n2CCC[NH+](Cc2ccoc2)[C@H]3CCC1. The van der Waals surface area contributed by atoms with Crippen molar-refractivity contribution in [2.75, 3.05) is 6.54 Å². The summed E-state index contributed by atoms with van der Waals surface area (Å²) in [5, 5.41) is 1.51. The van der Waals surface area contributed by atoms with Crippen molar-refractivity contribution in [2.24, 2.45) is 0 Å². The molecule has 1 aromatic carbocycles. The Balaban J connectivity index is 1.64. The summed E-state index contributed by atoms with van der Waals surface area (Å²) in [5.74, 6) is 0. The van der Waals surface area contributed by atoms with Crippen LogP contribution in [0.1, 0.15) is 47.7 Å². The number of nitrogens with one attached hydrogen (secondary N) is 1. The predicted molar refractivity (Wildman–Crippen MR) is 95.2 cm³/mol. The molecule has 1 N–H and O–H groups in total. The number of hydrogen-bond donors (Lipinski definition) is 1. The molecular weight excluding hydrogens is 296 g/mol. The van der Waals surface area contributed by atoms with Crippen LogP contribution in [0.15, 0.2) is 41.2 Å². The second-order valence-electron chi connectivity index (χ2n) is 7.55. The normalized spacial score (nSPS) is 23.2. The van der Waals surface area contributed by atoms with E-state index >= 15 is 0 Å². The van der Waals surface area contributed by atoms with Gasteiger partial charge in [-0.1, -0.05) is 11.6 Å². The van der Waals surface area contributed by atoms with Crippen LogP contribution in [-0.2, 0) is 19.5 Å². The lowest BCUT2D eigenvalue weighted by Crippen LogP contribution is -3.11. The van der Waals surface area contributed by atoms with E-state index in [0.717, 1.165) is 6.54 Å². The zero-order valence-electron chi connectivity index (χ0n) is 14.3. The lowest BCUT2D eigenvalue weighted by atomic mass is 9.90. The fourth-order valence-electron chi connectivity index (χ4n) is 4.98. The van der Waals surface area contributed by atoms with Gasteiger partial charge in [0.05, 0.1) is 24.8 Å². The maximum absolute atomic E-state index is 5.31. The van der Waals surface area contributed by atoms with E-state index in [0.29, 0.717) is 6.04 Å². The van der Waals surface area contributed by atoms with E-state index in [1.807, 2.05) is 6.26 Å². The number of rotatable bonds is 2. The number of benzene rings is 1. The topological polar surface area (TPSA) is 22.5 Å². The number of nitrogens with zero attached hydrogens (tertiary/aromatic N) is 1. The molecule has 5 rings (SSSR count). The molecule has 3 aromatic rings. The Bertz CT molecular complexity index is 871. The van der Waals surface area contributed by atoms with Crippen molar-refractivity contribution in [1.29, 1.82) is 0 Å². The maximum atomic E-state index is 5.31. The highest BCUT2D eigenvalue weighted by Crippen LogP contribution is 2.37. The Hall–Kier alpha value is -2.00. The Kier molecular flexibility index (Phi) is 3.30. The minimum Gasteiger partial charge on any atom is -0.472 e. The van der Waals surface area contributed by atoms with Gasteiger partial charge in [-0.3, -0.25) is 0 Å². The summed E-state index contributed by atoms with van der Waals surface area (Å²) in [5.41, 5.74) is 7.44. The van der Waals surface area contributed by atoms with E-state index in [9.17, 15) is 0 Å². The fourth-order valence-corrected chi connectivity index (χ4v) is 4.98. The lowest BCUT2D eigenvalue weighted by Gasteiger charge is -2.30. The van der Waals surface area contributed by atoms with Crippen LogP contribution in [0.5, 0.6) is 0 Å². The number of aryl methyl sites for hydroxylation is 3. The highest BCUT2D eigenvalue weighted by Gasteiger charge is 2.36. The zero-order valence-corrected chi connectivity index (χ0v) is 14.3. The number of fused-ring (bicyclic) bond motifs is 3. The fraction of sp³-hybridized carbons (Fsp3) is 0.429. The molecule has 1 aliphatic carbocycles. The van der Waals surface area contributed by atoms with Crippen LogP contribution >= 0.6 is 0 Å². The number of aromatic nitrogens is 1. The molecule has 3 nitrogen and oxygen atoms in total. The van der Waals surface area contributed by atoms with E-state index in [2.05, 4.69) is 35.8 Å². The summed E-state index contributed by atoms with van der Waals surface area (Å²) in [7, 11) is 0. The minimum absolute atomic E-state index is 0.638. The van der Waals surface area contributed by atoms with Crippen LogP contribution in [0.25, 0.3) is 10.9 Å². The van der Waals surface area contributed by atoms with Gasteiger partial charge in [0, 0.05) is 35.9 Å². The Labute approximate surface area is 142 Å². The lowest BCUT2D eigenvalue weighted by molar-refractivity contribution is -0.945. The van der Waals surface area contributed by atoms with E-state index in [1.165, 1.54) is 60.8 Å². The smallest absolute Gasteiger partial charge is 0.129 e. The molecule has 2 atom stereocenters. The molecule has 24 heavy (non-hydrogen) atoms. The second-order valence-corrected chi connectivity index (χ2v) is 7.55. The Morgan fingerprint density at radius 3 is 3.08 bits per heavy atom. The monoisotopic (exact) mass is 321 g/mol. The molecule has 0 amide bonds. The van der Waals surface area contributed by atoms with E-state index in [1.54, 1.807) is 22.4 Å². The third kappa shape index (κ3) is 2.15. The van der Waals surface area contributed by atoms with Crippen LogP contribution in [0.2, 0.25) is 0 Å². The van der Waals surface area contributed by atoms with Gasteiger partial charge >= 0.3 is 0 Å². The predicted octanol–water partition coefficient (Wildman–Crippen LogP) is 3.41. The number of furan rings is 1. The number of hydrogen-bond acceptors (Lipinski definition) is 1. The van der Waals surface area contributed by atoms with Gasteiger partial charge in [-0.2, -0.15) is 0 Å². The molecule has 1 aliphatic heterocycles. The third-order valence-corrected chi connectivity index (χ3v) is 6.00. The van der Waals surface area contributed by atoms with Crippen molar-refractivity contribution in [2.45, 2.75) is 51.7 Å². The van der Waals surface area contributed by atoms with E-state index < -0.39 is 0 Å². The number of quaternary nitrogens is 1. The molecule has 2 aromatic heterocycles. The van der Waals surface area contributed by atoms with Gasteiger partial charge in [-0.15, -0.1) is 0 Å². The van der Waals surface area contributed by atoms with Gasteiger partial charge in [0.25, 0.3) is 0 Å². The molecule has 0 bridgehead atoms. The highest BCUT2D eigenvalue weighted by atomic mass is 16.3. The van der Waals surface area contributed by atoms with E-state index in [4.69, 9.17) is 4.42 Å². The minimum atomic E-state index is 0.638. The molecule has 0 radical (unpaired) electrons. The van der Waals surface area contributed by atoms with Crippen molar-refractivity contribution in [3.63, 3.8) is 0 Å². The third-order valence-electron chi connectivity index (χ3n) is 6.00. The van der Waals surface area contributed by atoms with Crippen LogP contribution in [0.4, 0.5) is 0 Å².